The van der Waals surface area contributed by atoms with E-state index in [1.165, 1.54) is 16.5 Å². The molecule has 0 aliphatic rings. The summed E-state index contributed by atoms with van der Waals surface area (Å²) in [4.78, 5) is 14.9. The van der Waals surface area contributed by atoms with E-state index in [1.807, 2.05) is 6.20 Å². The van der Waals surface area contributed by atoms with E-state index in [4.69, 9.17) is 4.99 Å². The molecule has 154 valence electrons. The van der Waals surface area contributed by atoms with Gasteiger partial charge in [-0.2, -0.15) is 0 Å². The van der Waals surface area contributed by atoms with Crippen LogP contribution in [0.4, 0.5) is 5.82 Å². The molecule has 0 atom stereocenters. The van der Waals surface area contributed by atoms with Crippen molar-refractivity contribution < 1.29 is 0 Å². The zero-order chi connectivity index (χ0) is 20.5. The van der Waals surface area contributed by atoms with Crippen molar-refractivity contribution in [2.24, 2.45) is 4.99 Å². The molecule has 0 unspecified atom stereocenters. The number of aromatic nitrogens is 2. The summed E-state index contributed by atoms with van der Waals surface area (Å²) >= 11 is 0. The first-order valence-electron chi connectivity index (χ1n) is 10.5. The molecule has 3 rings (SSSR count). The summed E-state index contributed by atoms with van der Waals surface area (Å²) in [6, 6.07) is 12.6. The van der Waals surface area contributed by atoms with Gasteiger partial charge in [0.15, 0.2) is 5.96 Å². The Morgan fingerprint density at radius 3 is 2.62 bits per heavy atom. The van der Waals surface area contributed by atoms with Gasteiger partial charge in [0, 0.05) is 49.5 Å². The van der Waals surface area contributed by atoms with E-state index >= 15 is 0 Å². The lowest BCUT2D eigenvalue weighted by Gasteiger charge is -2.19. The number of pyridine rings is 1. The third-order valence-electron chi connectivity index (χ3n) is 5.02. The number of benzene rings is 1. The molecule has 0 fully saturated rings. The Kier molecular flexibility index (Phi) is 7.50. The number of hydrogen-bond acceptors (Lipinski definition) is 3. The summed E-state index contributed by atoms with van der Waals surface area (Å²) in [7, 11) is 0. The Hall–Kier alpha value is -3.02. The molecular formula is C23H32N6. The number of aromatic amines is 1. The molecule has 3 aromatic rings. The first kappa shape index (κ1) is 20.7. The molecule has 0 bridgehead atoms. The fourth-order valence-electron chi connectivity index (χ4n) is 3.41. The van der Waals surface area contributed by atoms with E-state index in [2.05, 4.69) is 88.9 Å². The minimum absolute atomic E-state index is 0.605. The van der Waals surface area contributed by atoms with Crippen LogP contribution in [-0.2, 0) is 13.0 Å². The molecule has 0 radical (unpaired) electrons. The zero-order valence-electron chi connectivity index (χ0n) is 17.7. The maximum Gasteiger partial charge on any atom is 0.191 e. The molecule has 0 aliphatic heterocycles. The van der Waals surface area contributed by atoms with Crippen LogP contribution in [0.1, 0.15) is 31.9 Å². The van der Waals surface area contributed by atoms with Gasteiger partial charge >= 0.3 is 0 Å². The highest BCUT2D eigenvalue weighted by Gasteiger charge is 2.05. The first-order chi connectivity index (χ1) is 14.2. The van der Waals surface area contributed by atoms with Crippen LogP contribution >= 0.6 is 0 Å². The van der Waals surface area contributed by atoms with Crippen LogP contribution in [-0.4, -0.2) is 42.1 Å². The fourth-order valence-corrected chi connectivity index (χ4v) is 3.41. The third kappa shape index (κ3) is 5.50. The molecule has 0 saturated heterocycles. The second kappa shape index (κ2) is 10.5. The molecule has 0 aliphatic carbocycles. The Balaban J connectivity index is 1.56. The number of aliphatic imine (C=N–C) groups is 1. The summed E-state index contributed by atoms with van der Waals surface area (Å²) in [6.07, 6.45) is 4.96. The number of fused-ring (bicyclic) bond motifs is 1. The van der Waals surface area contributed by atoms with Gasteiger partial charge < -0.3 is 20.5 Å². The van der Waals surface area contributed by atoms with E-state index in [1.54, 1.807) is 0 Å². The van der Waals surface area contributed by atoms with Crippen molar-refractivity contribution in [3.05, 3.63) is 59.9 Å². The molecule has 6 heteroatoms. The number of rotatable bonds is 9. The van der Waals surface area contributed by atoms with Crippen LogP contribution < -0.4 is 15.5 Å². The SMILES string of the molecule is CCNC(=NCc1ccc(N(CC)CC)nc1)NCCc1c[nH]c2ccccc12. The first-order valence-corrected chi connectivity index (χ1v) is 10.5. The molecule has 2 heterocycles. The van der Waals surface area contributed by atoms with Gasteiger partial charge in [-0.25, -0.2) is 9.98 Å². The standard InChI is InChI=1S/C23H32N6/c1-4-24-23(25-14-13-19-17-26-21-10-8-7-9-20(19)21)28-16-18-11-12-22(27-15-18)29(5-2)6-3/h7-12,15,17,26H,4-6,13-14,16H2,1-3H3,(H2,24,25,28). The van der Waals surface area contributed by atoms with Crippen LogP contribution in [0.15, 0.2) is 53.8 Å². The molecule has 0 amide bonds. The Labute approximate surface area is 173 Å². The minimum Gasteiger partial charge on any atom is -0.361 e. The molecule has 0 spiro atoms. The summed E-state index contributed by atoms with van der Waals surface area (Å²) in [6.45, 7) is 10.6. The van der Waals surface area contributed by atoms with Crippen molar-refractivity contribution in [2.45, 2.75) is 33.7 Å². The number of nitrogens with zero attached hydrogens (tertiary/aromatic N) is 3. The van der Waals surface area contributed by atoms with E-state index in [0.717, 1.165) is 49.9 Å². The molecule has 2 aromatic heterocycles. The van der Waals surface area contributed by atoms with Crippen LogP contribution in [0.3, 0.4) is 0 Å². The van der Waals surface area contributed by atoms with Gasteiger partial charge in [-0.05, 0) is 50.5 Å². The maximum absolute atomic E-state index is 4.71. The lowest BCUT2D eigenvalue weighted by Crippen LogP contribution is -2.38. The minimum atomic E-state index is 0.605. The lowest BCUT2D eigenvalue weighted by molar-refractivity contribution is 0.800. The summed E-state index contributed by atoms with van der Waals surface area (Å²) < 4.78 is 0. The Morgan fingerprint density at radius 1 is 1.07 bits per heavy atom. The van der Waals surface area contributed by atoms with Gasteiger partial charge in [-0.3, -0.25) is 0 Å². The summed E-state index contributed by atoms with van der Waals surface area (Å²) in [5, 5.41) is 8.05. The van der Waals surface area contributed by atoms with E-state index < -0.39 is 0 Å². The Bertz CT molecular complexity index is 909. The van der Waals surface area contributed by atoms with Gasteiger partial charge in [0.1, 0.15) is 5.82 Å². The average Bonchev–Trinajstić information content (AvgIpc) is 3.17. The molecule has 1 aromatic carbocycles. The molecule has 6 nitrogen and oxygen atoms in total. The molecule has 3 N–H and O–H groups in total. The predicted molar refractivity (Wildman–Crippen MR) is 123 cm³/mol. The largest absolute Gasteiger partial charge is 0.361 e. The number of anilines is 1. The monoisotopic (exact) mass is 392 g/mol. The van der Waals surface area contributed by atoms with Gasteiger partial charge in [0.05, 0.1) is 6.54 Å². The van der Waals surface area contributed by atoms with Crippen molar-refractivity contribution in [3.8, 4) is 0 Å². The van der Waals surface area contributed by atoms with Crippen molar-refractivity contribution in [1.82, 2.24) is 20.6 Å². The number of H-pyrrole nitrogens is 1. The smallest absolute Gasteiger partial charge is 0.191 e. The van der Waals surface area contributed by atoms with Crippen LogP contribution in [0.5, 0.6) is 0 Å². The Morgan fingerprint density at radius 2 is 1.90 bits per heavy atom. The van der Waals surface area contributed by atoms with Crippen molar-refractivity contribution in [3.63, 3.8) is 0 Å². The van der Waals surface area contributed by atoms with Gasteiger partial charge in [-0.1, -0.05) is 24.3 Å². The van der Waals surface area contributed by atoms with Crippen LogP contribution in [0.2, 0.25) is 0 Å². The van der Waals surface area contributed by atoms with Gasteiger partial charge in [0.25, 0.3) is 0 Å². The van der Waals surface area contributed by atoms with Crippen molar-refractivity contribution >= 4 is 22.7 Å². The van der Waals surface area contributed by atoms with Gasteiger partial charge in [0.2, 0.25) is 0 Å². The highest BCUT2D eigenvalue weighted by Crippen LogP contribution is 2.17. The highest BCUT2D eigenvalue weighted by molar-refractivity contribution is 5.83. The molecular weight excluding hydrogens is 360 g/mol. The van der Waals surface area contributed by atoms with E-state index in [-0.39, 0.29) is 0 Å². The number of guanidine groups is 1. The number of hydrogen-bond donors (Lipinski definition) is 3. The van der Waals surface area contributed by atoms with E-state index in [0.29, 0.717) is 6.54 Å². The highest BCUT2D eigenvalue weighted by atomic mass is 15.2. The predicted octanol–water partition coefficient (Wildman–Crippen LogP) is 3.71. The summed E-state index contributed by atoms with van der Waals surface area (Å²) in [5.41, 5.74) is 3.61. The van der Waals surface area contributed by atoms with Crippen molar-refractivity contribution in [1.29, 1.82) is 0 Å². The lowest BCUT2D eigenvalue weighted by atomic mass is 10.1. The zero-order valence-corrected chi connectivity index (χ0v) is 17.7. The fraction of sp³-hybridized carbons (Fsp3) is 0.391. The van der Waals surface area contributed by atoms with Gasteiger partial charge in [-0.15, -0.1) is 0 Å². The molecule has 29 heavy (non-hydrogen) atoms. The normalized spacial score (nSPS) is 11.6. The molecule has 0 saturated carbocycles. The quantitative estimate of drug-likeness (QED) is 0.384. The average molecular weight is 393 g/mol. The van der Waals surface area contributed by atoms with Crippen LogP contribution in [0, 0.1) is 0 Å². The van der Waals surface area contributed by atoms with Crippen LogP contribution in [0.25, 0.3) is 10.9 Å². The third-order valence-corrected chi connectivity index (χ3v) is 5.02. The number of nitrogens with one attached hydrogen (secondary N) is 3. The second-order valence-corrected chi connectivity index (χ2v) is 6.93. The van der Waals surface area contributed by atoms with Crippen molar-refractivity contribution in [2.75, 3.05) is 31.1 Å². The summed E-state index contributed by atoms with van der Waals surface area (Å²) in [5.74, 6) is 1.85. The maximum atomic E-state index is 4.71. The topological polar surface area (TPSA) is 68.3 Å². The second-order valence-electron chi connectivity index (χ2n) is 6.93. The number of para-hydroxylation sites is 1. The van der Waals surface area contributed by atoms with E-state index in [9.17, 15) is 0 Å².